The summed E-state index contributed by atoms with van der Waals surface area (Å²) in [7, 11) is 2.13. The van der Waals surface area contributed by atoms with Crippen LogP contribution in [0, 0.1) is 0 Å². The molecule has 1 fully saturated rings. The molecule has 1 saturated heterocycles. The molecule has 12 heteroatoms. The van der Waals surface area contributed by atoms with Crippen LogP contribution in [0.15, 0.2) is 61.3 Å². The largest absolute Gasteiger partial charge is 0.490 e. The second kappa shape index (κ2) is 11.1. The third-order valence-corrected chi connectivity index (χ3v) is 6.90. The summed E-state index contributed by atoms with van der Waals surface area (Å²) in [6, 6.07) is 9.44. The van der Waals surface area contributed by atoms with E-state index in [0.29, 0.717) is 17.3 Å². The van der Waals surface area contributed by atoms with Crippen LogP contribution in [-0.2, 0) is 4.79 Å². The van der Waals surface area contributed by atoms with Gasteiger partial charge in [0.15, 0.2) is 0 Å². The van der Waals surface area contributed by atoms with E-state index in [0.717, 1.165) is 64.8 Å². The second-order valence-corrected chi connectivity index (χ2v) is 9.83. The van der Waals surface area contributed by atoms with Crippen LogP contribution in [0.3, 0.4) is 0 Å². The van der Waals surface area contributed by atoms with Crippen molar-refractivity contribution in [3.05, 3.63) is 61.3 Å². The zero-order valence-electron chi connectivity index (χ0n) is 21.9. The fraction of sp³-hybridized carbons (Fsp3) is 0.250. The van der Waals surface area contributed by atoms with Crippen LogP contribution in [0.2, 0.25) is 0 Å². The summed E-state index contributed by atoms with van der Waals surface area (Å²) in [6.07, 6.45) is 10.9. The number of nitrogens with one attached hydrogen (secondary N) is 4. The monoisotopic (exact) mass is 539 g/mol. The van der Waals surface area contributed by atoms with Crippen molar-refractivity contribution < 1.29 is 14.6 Å². The number of piperidine rings is 1. The molecule has 0 bridgehead atoms. The van der Waals surface area contributed by atoms with Crippen molar-refractivity contribution in [2.24, 2.45) is 0 Å². The predicted octanol–water partition coefficient (Wildman–Crippen LogP) is 3.56. The van der Waals surface area contributed by atoms with Gasteiger partial charge >= 0.3 is 0 Å². The zero-order valence-corrected chi connectivity index (χ0v) is 21.9. The smallest absolute Gasteiger partial charge is 0.250 e. The molecule has 4 heterocycles. The molecule has 12 nitrogen and oxygen atoms in total. The maximum atomic E-state index is 11.9. The minimum atomic E-state index is -0.616. The second-order valence-electron chi connectivity index (χ2n) is 9.83. The van der Waals surface area contributed by atoms with Crippen molar-refractivity contribution in [1.29, 1.82) is 0 Å². The summed E-state index contributed by atoms with van der Waals surface area (Å²) >= 11 is 0. The maximum absolute atomic E-state index is 11.9. The van der Waals surface area contributed by atoms with Crippen molar-refractivity contribution in [2.45, 2.75) is 18.9 Å². The van der Waals surface area contributed by atoms with Gasteiger partial charge in [0.1, 0.15) is 18.5 Å². The first-order valence-electron chi connectivity index (χ1n) is 13.0. The highest BCUT2D eigenvalue weighted by Gasteiger charge is 2.21. The van der Waals surface area contributed by atoms with Gasteiger partial charge in [-0.05, 0) is 49.7 Å². The van der Waals surface area contributed by atoms with Crippen molar-refractivity contribution in [2.75, 3.05) is 37.4 Å². The van der Waals surface area contributed by atoms with Gasteiger partial charge in [-0.1, -0.05) is 0 Å². The number of ether oxygens (including phenoxy) is 1. The molecule has 1 amide bonds. The Morgan fingerprint density at radius 1 is 1.00 bits per heavy atom. The minimum absolute atomic E-state index is 0.122. The molecule has 0 saturated carbocycles. The number of aromatic nitrogens is 6. The van der Waals surface area contributed by atoms with Crippen molar-refractivity contribution in [3.63, 3.8) is 0 Å². The topological polar surface area (TPSA) is 157 Å². The number of aliphatic hydroxyl groups excluding tert-OH is 1. The van der Waals surface area contributed by atoms with Crippen LogP contribution in [0.5, 0.6) is 5.75 Å². The molecule has 204 valence electrons. The number of carbonyl (C=O) groups excluding carboxylic acids is 1. The van der Waals surface area contributed by atoms with Crippen LogP contribution < -0.4 is 15.4 Å². The molecule has 1 aliphatic rings. The Bertz CT molecular complexity index is 1610. The first-order chi connectivity index (χ1) is 19.5. The van der Waals surface area contributed by atoms with E-state index in [-0.39, 0.29) is 6.10 Å². The van der Waals surface area contributed by atoms with Crippen LogP contribution in [-0.4, -0.2) is 79.1 Å². The molecule has 1 aliphatic heterocycles. The lowest BCUT2D eigenvalue weighted by Gasteiger charge is -2.30. The van der Waals surface area contributed by atoms with Crippen LogP contribution in [0.1, 0.15) is 12.8 Å². The fourth-order valence-electron chi connectivity index (χ4n) is 4.80. The Morgan fingerprint density at radius 3 is 2.48 bits per heavy atom. The lowest BCUT2D eigenvalue weighted by Crippen LogP contribution is -2.35. The number of hydrogen-bond acceptors (Lipinski definition) is 9. The van der Waals surface area contributed by atoms with Crippen LogP contribution >= 0.6 is 0 Å². The number of fused-ring (bicyclic) bond motifs is 1. The third kappa shape index (κ3) is 5.63. The third-order valence-electron chi connectivity index (χ3n) is 6.90. The van der Waals surface area contributed by atoms with E-state index in [2.05, 4.69) is 48.0 Å². The first kappa shape index (κ1) is 25.5. The Morgan fingerprint density at radius 2 is 1.75 bits per heavy atom. The average Bonchev–Trinajstić information content (AvgIpc) is 3.69. The minimum Gasteiger partial charge on any atom is -0.490 e. The van der Waals surface area contributed by atoms with Crippen molar-refractivity contribution in [1.82, 2.24) is 35.3 Å². The summed E-state index contributed by atoms with van der Waals surface area (Å²) in [4.78, 5) is 23.5. The number of likely N-dealkylation sites (tertiary alicyclic amines) is 1. The van der Waals surface area contributed by atoms with Crippen molar-refractivity contribution >= 4 is 34.1 Å². The number of H-pyrrole nitrogens is 2. The van der Waals surface area contributed by atoms with Gasteiger partial charge in [-0.2, -0.15) is 10.2 Å². The van der Waals surface area contributed by atoms with Crippen LogP contribution in [0.4, 0.5) is 17.3 Å². The molecule has 5 N–H and O–H groups in total. The number of carbonyl (C=O) groups is 1. The number of nitrogens with zero attached hydrogens (tertiary/aromatic N) is 5. The maximum Gasteiger partial charge on any atom is 0.250 e. The number of aromatic amines is 2. The SMILES string of the molecule is CN1CCC(Oc2cc3nc(Nc4cc(NC(=O)CO)cc(-c5cn[nH]c5)c4)ncc3cc2-c2cn[nH]c2)CC1. The quantitative estimate of drug-likeness (QED) is 0.199. The van der Waals surface area contributed by atoms with Gasteiger partial charge in [0, 0.05) is 71.2 Å². The Kier molecular flexibility index (Phi) is 7.08. The normalized spacial score (nSPS) is 14.3. The standard InChI is InChI=1S/C28H29N9O3/c1-37-4-2-23(3-5-37)40-26-10-25-18(8-24(26)20-14-32-33-15-20)11-29-28(36-25)35-22-7-17(19-12-30-31-13-19)6-21(9-22)34-27(39)16-38/h6-15,23,38H,2-5,16H2,1H3,(H,30,31)(H,32,33)(H,34,39)(H,29,35,36). The summed E-state index contributed by atoms with van der Waals surface area (Å²) in [6.45, 7) is 1.37. The molecule has 40 heavy (non-hydrogen) atoms. The van der Waals surface area contributed by atoms with Gasteiger partial charge in [-0.15, -0.1) is 0 Å². The molecule has 0 atom stereocenters. The van der Waals surface area contributed by atoms with Gasteiger partial charge in [-0.25, -0.2) is 9.97 Å². The van der Waals surface area contributed by atoms with E-state index in [4.69, 9.17) is 9.72 Å². The molecular weight excluding hydrogens is 510 g/mol. The molecule has 6 rings (SSSR count). The van der Waals surface area contributed by atoms with E-state index in [1.165, 1.54) is 0 Å². The van der Waals surface area contributed by atoms with E-state index in [1.54, 1.807) is 36.9 Å². The first-order valence-corrected chi connectivity index (χ1v) is 13.0. The van der Waals surface area contributed by atoms with Crippen LogP contribution in [0.25, 0.3) is 33.2 Å². The highest BCUT2D eigenvalue weighted by molar-refractivity contribution is 5.93. The number of amides is 1. The average molecular weight is 540 g/mol. The van der Waals surface area contributed by atoms with Gasteiger partial charge < -0.3 is 25.4 Å². The molecule has 3 aromatic heterocycles. The summed E-state index contributed by atoms with van der Waals surface area (Å²) in [5.74, 6) is 0.629. The predicted molar refractivity (Wildman–Crippen MR) is 151 cm³/mol. The summed E-state index contributed by atoms with van der Waals surface area (Å²) in [5.41, 5.74) is 5.41. The molecule has 0 aliphatic carbocycles. The lowest BCUT2D eigenvalue weighted by molar-refractivity contribution is -0.118. The number of hydrogen-bond donors (Lipinski definition) is 5. The molecule has 2 aromatic carbocycles. The van der Waals surface area contributed by atoms with E-state index in [9.17, 15) is 9.90 Å². The summed E-state index contributed by atoms with van der Waals surface area (Å²) < 4.78 is 6.53. The van der Waals surface area contributed by atoms with Gasteiger partial charge in [0.2, 0.25) is 11.9 Å². The lowest BCUT2D eigenvalue weighted by atomic mass is 10.0. The van der Waals surface area contributed by atoms with Gasteiger partial charge in [0.05, 0.1) is 17.9 Å². The Balaban J connectivity index is 1.33. The molecule has 0 radical (unpaired) electrons. The summed E-state index contributed by atoms with van der Waals surface area (Å²) in [5, 5.41) is 29.8. The van der Waals surface area contributed by atoms with Crippen molar-refractivity contribution in [3.8, 4) is 28.0 Å². The van der Waals surface area contributed by atoms with Gasteiger partial charge in [-0.3, -0.25) is 15.0 Å². The highest BCUT2D eigenvalue weighted by atomic mass is 16.5. The van der Waals surface area contributed by atoms with E-state index >= 15 is 0 Å². The zero-order chi connectivity index (χ0) is 27.5. The molecule has 0 unspecified atom stereocenters. The van der Waals surface area contributed by atoms with Gasteiger partial charge in [0.25, 0.3) is 0 Å². The number of anilines is 3. The Hall–Kier alpha value is -4.81. The highest BCUT2D eigenvalue weighted by Crippen LogP contribution is 2.35. The van der Waals surface area contributed by atoms with E-state index in [1.807, 2.05) is 24.4 Å². The van der Waals surface area contributed by atoms with E-state index < -0.39 is 12.5 Å². The molecule has 0 spiro atoms. The number of rotatable bonds is 8. The number of benzene rings is 2. The molecule has 5 aromatic rings. The number of aliphatic hydroxyl groups is 1. The fourth-order valence-corrected chi connectivity index (χ4v) is 4.80. The Labute approximate surface area is 229 Å². The molecular formula is C28H29N9O3.